The maximum Gasteiger partial charge on any atom is 0.291 e. The number of anilines is 1. The number of nitriles is 1. The molecular weight excluding hydrogens is 532 g/mol. The number of benzene rings is 3. The number of ether oxygens (including phenoxy) is 1. The van der Waals surface area contributed by atoms with Crippen molar-refractivity contribution in [3.8, 4) is 17.2 Å². The molecule has 1 amide bonds. The highest BCUT2D eigenvalue weighted by Gasteiger charge is 2.26. The van der Waals surface area contributed by atoms with Crippen LogP contribution in [-0.4, -0.2) is 29.7 Å². The minimum Gasteiger partial charge on any atom is -0.407 e. The Morgan fingerprint density at radius 2 is 1.71 bits per heavy atom. The van der Waals surface area contributed by atoms with Gasteiger partial charge < -0.3 is 15.8 Å². The molecule has 0 saturated carbocycles. The van der Waals surface area contributed by atoms with E-state index in [1.807, 2.05) is 93.1 Å². The van der Waals surface area contributed by atoms with Crippen LogP contribution in [0.5, 0.6) is 0 Å². The van der Waals surface area contributed by atoms with Crippen molar-refractivity contribution >= 4 is 40.6 Å². The summed E-state index contributed by atoms with van der Waals surface area (Å²) in [5, 5.41) is 24.5. The van der Waals surface area contributed by atoms with Gasteiger partial charge in [0.2, 0.25) is 12.1 Å². The number of nitrogens with zero attached hydrogens (tertiary/aromatic N) is 3. The zero-order valence-electron chi connectivity index (χ0n) is 23.4. The molecule has 0 aliphatic carbocycles. The van der Waals surface area contributed by atoms with Crippen LogP contribution in [0.25, 0.3) is 11.1 Å². The lowest BCUT2D eigenvalue weighted by Gasteiger charge is -2.12. The molecule has 8 nitrogen and oxygen atoms in total. The molecule has 0 radical (unpaired) electrons. The fourth-order valence-electron chi connectivity index (χ4n) is 3.93. The Morgan fingerprint density at radius 3 is 2.39 bits per heavy atom. The lowest BCUT2D eigenvalue weighted by atomic mass is 9.99. The topological polar surface area (TPSA) is 137 Å². The summed E-state index contributed by atoms with van der Waals surface area (Å²) in [5.41, 5.74) is 11.2. The van der Waals surface area contributed by atoms with Crippen molar-refractivity contribution in [2.75, 3.05) is 5.32 Å². The first kappa shape index (κ1) is 30.5. The number of hydrogen-bond donors (Lipinski definition) is 3. The molecule has 1 aliphatic rings. The molecule has 0 fully saturated rings. The van der Waals surface area contributed by atoms with Crippen molar-refractivity contribution in [3.05, 3.63) is 112 Å². The number of carbonyl (C=O) groups excluding carboxylic acids is 1. The van der Waals surface area contributed by atoms with Gasteiger partial charge in [0, 0.05) is 16.7 Å². The van der Waals surface area contributed by atoms with E-state index in [1.165, 1.54) is 11.3 Å². The summed E-state index contributed by atoms with van der Waals surface area (Å²) in [7, 11) is 0. The SMILES string of the molecule is CC.CC.N#Cc1ccc(C(=N)O/C(N)=N/C2N=C(c3ccccc3)c3ccccc3NC2=O)c(-c2ccsc2)c1. The van der Waals surface area contributed by atoms with Crippen molar-refractivity contribution in [2.45, 2.75) is 33.9 Å². The van der Waals surface area contributed by atoms with Crippen LogP contribution in [0.15, 0.2) is 99.6 Å². The Morgan fingerprint density at radius 1 is 1.00 bits per heavy atom. The summed E-state index contributed by atoms with van der Waals surface area (Å²) in [5.74, 6) is -0.745. The van der Waals surface area contributed by atoms with Gasteiger partial charge in [-0.1, -0.05) is 76.2 Å². The smallest absolute Gasteiger partial charge is 0.291 e. The molecule has 41 heavy (non-hydrogen) atoms. The molecule has 1 unspecified atom stereocenters. The molecule has 0 saturated heterocycles. The van der Waals surface area contributed by atoms with Gasteiger partial charge in [0.1, 0.15) is 0 Å². The number of carbonyl (C=O) groups is 1. The number of amidine groups is 1. The van der Waals surface area contributed by atoms with E-state index in [4.69, 9.17) is 15.9 Å². The van der Waals surface area contributed by atoms with Crippen molar-refractivity contribution < 1.29 is 9.53 Å². The number of benzodiazepines with no additional fused rings is 1. The average molecular weight is 565 g/mol. The van der Waals surface area contributed by atoms with Gasteiger partial charge in [0.25, 0.3) is 11.9 Å². The van der Waals surface area contributed by atoms with Crippen LogP contribution in [0, 0.1) is 16.7 Å². The Balaban J connectivity index is 0.00000111. The Bertz CT molecular complexity index is 1590. The van der Waals surface area contributed by atoms with E-state index in [0.29, 0.717) is 28.1 Å². The maximum atomic E-state index is 13.0. The van der Waals surface area contributed by atoms with Crippen LogP contribution < -0.4 is 11.1 Å². The first-order valence-corrected chi connectivity index (χ1v) is 14.2. The third-order valence-electron chi connectivity index (χ3n) is 5.65. The number of rotatable bonds is 4. The summed E-state index contributed by atoms with van der Waals surface area (Å²) >= 11 is 1.50. The van der Waals surface area contributed by atoms with Gasteiger partial charge in [0.15, 0.2) is 0 Å². The lowest BCUT2D eigenvalue weighted by Crippen LogP contribution is -2.29. The number of fused-ring (bicyclic) bond motifs is 1. The van der Waals surface area contributed by atoms with E-state index in [1.54, 1.807) is 24.3 Å². The lowest BCUT2D eigenvalue weighted by molar-refractivity contribution is -0.117. The molecule has 1 atom stereocenters. The van der Waals surface area contributed by atoms with Gasteiger partial charge in [-0.15, -0.1) is 0 Å². The van der Waals surface area contributed by atoms with Crippen LogP contribution in [0.3, 0.4) is 0 Å². The minimum absolute atomic E-state index is 0.267. The van der Waals surface area contributed by atoms with Gasteiger partial charge in [-0.25, -0.2) is 4.99 Å². The second kappa shape index (κ2) is 14.9. The first-order valence-electron chi connectivity index (χ1n) is 13.2. The zero-order chi connectivity index (χ0) is 29.8. The van der Waals surface area contributed by atoms with Crippen LogP contribution in [0.4, 0.5) is 5.69 Å². The van der Waals surface area contributed by atoms with E-state index in [-0.39, 0.29) is 11.9 Å². The molecule has 2 heterocycles. The monoisotopic (exact) mass is 564 g/mol. The number of hydrogen-bond acceptors (Lipinski definition) is 7. The molecule has 1 aliphatic heterocycles. The van der Waals surface area contributed by atoms with Crippen molar-refractivity contribution in [3.63, 3.8) is 0 Å². The first-order chi connectivity index (χ1) is 20.0. The molecule has 4 N–H and O–H groups in total. The maximum absolute atomic E-state index is 13.0. The normalized spacial score (nSPS) is 13.8. The Hall–Kier alpha value is -5.07. The highest BCUT2D eigenvalue weighted by atomic mass is 32.1. The molecule has 1 aromatic heterocycles. The van der Waals surface area contributed by atoms with E-state index in [9.17, 15) is 10.1 Å². The van der Waals surface area contributed by atoms with E-state index < -0.39 is 12.1 Å². The van der Waals surface area contributed by atoms with Crippen molar-refractivity contribution in [1.29, 1.82) is 10.7 Å². The molecule has 9 heteroatoms. The zero-order valence-corrected chi connectivity index (χ0v) is 24.2. The average Bonchev–Trinajstić information content (AvgIpc) is 3.52. The molecule has 3 aromatic carbocycles. The Labute approximate surface area is 244 Å². The summed E-state index contributed by atoms with van der Waals surface area (Å²) < 4.78 is 5.54. The highest BCUT2D eigenvalue weighted by Crippen LogP contribution is 2.28. The van der Waals surface area contributed by atoms with Crippen LogP contribution in [0.1, 0.15) is 49.9 Å². The summed E-state index contributed by atoms with van der Waals surface area (Å²) in [6.07, 6.45) is -1.23. The van der Waals surface area contributed by atoms with Gasteiger partial charge in [0.05, 0.1) is 23.0 Å². The number of amides is 1. The molecule has 0 bridgehead atoms. The number of nitrogens with one attached hydrogen (secondary N) is 2. The van der Waals surface area contributed by atoms with Gasteiger partial charge >= 0.3 is 0 Å². The largest absolute Gasteiger partial charge is 0.407 e. The summed E-state index contributed by atoms with van der Waals surface area (Å²) in [6.45, 7) is 8.00. The van der Waals surface area contributed by atoms with Gasteiger partial charge in [-0.05, 0) is 52.2 Å². The fourth-order valence-corrected chi connectivity index (χ4v) is 4.59. The van der Waals surface area contributed by atoms with Crippen LogP contribution in [0.2, 0.25) is 0 Å². The Kier molecular flexibility index (Phi) is 11.1. The van der Waals surface area contributed by atoms with Gasteiger partial charge in [-0.3, -0.25) is 10.2 Å². The molecule has 5 rings (SSSR count). The van der Waals surface area contributed by atoms with Crippen LogP contribution >= 0.6 is 11.3 Å². The fraction of sp³-hybridized carbons (Fsp3) is 0.156. The van der Waals surface area contributed by atoms with E-state index in [2.05, 4.69) is 21.4 Å². The number of thiophene rings is 1. The summed E-state index contributed by atoms with van der Waals surface area (Å²) in [6, 6.07) is 25.4. The molecular formula is C32H32N6O2S. The van der Waals surface area contributed by atoms with Gasteiger partial charge in [-0.2, -0.15) is 21.6 Å². The molecule has 0 spiro atoms. The predicted molar refractivity (Wildman–Crippen MR) is 168 cm³/mol. The third-order valence-corrected chi connectivity index (χ3v) is 6.34. The summed E-state index contributed by atoms with van der Waals surface area (Å²) in [4.78, 5) is 21.8. The van der Waals surface area contributed by atoms with Crippen LogP contribution in [-0.2, 0) is 9.53 Å². The van der Waals surface area contributed by atoms with E-state index >= 15 is 0 Å². The number of aliphatic imine (C=N–C) groups is 2. The standard InChI is InChI=1S/C28H20N6O2S.2C2H6/c29-15-17-10-11-20(22(14-17)19-12-13-37-16-19)25(30)36-28(31)34-26-27(35)32-23-9-5-4-8-21(23)24(33-26)18-6-2-1-3-7-18;2*1-2/h1-14,16,26,30H,(H2,31,34)(H,32,35);2*1-2H3. The quantitative estimate of drug-likeness (QED) is 0.185. The predicted octanol–water partition coefficient (Wildman–Crippen LogP) is 6.81. The second-order valence-corrected chi connectivity index (χ2v) is 8.81. The van der Waals surface area contributed by atoms with Crippen molar-refractivity contribution in [2.24, 2.45) is 15.7 Å². The van der Waals surface area contributed by atoms with E-state index in [0.717, 1.165) is 16.7 Å². The molecule has 4 aromatic rings. The highest BCUT2D eigenvalue weighted by molar-refractivity contribution is 7.08. The third kappa shape index (κ3) is 7.32. The number of nitrogens with two attached hydrogens (primary N) is 1. The van der Waals surface area contributed by atoms with Crippen molar-refractivity contribution in [1.82, 2.24) is 0 Å². The second-order valence-electron chi connectivity index (χ2n) is 8.03. The molecule has 208 valence electrons. The minimum atomic E-state index is -1.23. The number of para-hydroxylation sites is 1.